The lowest BCUT2D eigenvalue weighted by atomic mass is 9.98. The maximum Gasteiger partial charge on any atom is 0.263 e. The third-order valence-corrected chi connectivity index (χ3v) is 4.58. The van der Waals surface area contributed by atoms with Crippen LogP contribution in [0.2, 0.25) is 0 Å². The number of carbonyl (C=O) groups excluding carboxylic acids is 2. The lowest BCUT2D eigenvalue weighted by molar-refractivity contribution is -0.139. The summed E-state index contributed by atoms with van der Waals surface area (Å²) in [6.45, 7) is 6.87. The third-order valence-electron chi connectivity index (χ3n) is 3.72. The van der Waals surface area contributed by atoms with E-state index in [1.165, 1.54) is 11.3 Å². The summed E-state index contributed by atoms with van der Waals surface area (Å²) in [6, 6.07) is 3.71. The van der Waals surface area contributed by atoms with Crippen LogP contribution < -0.4 is 0 Å². The van der Waals surface area contributed by atoms with Crippen LogP contribution in [0.3, 0.4) is 0 Å². The number of likely N-dealkylation sites (tertiary alicyclic amines) is 1. The van der Waals surface area contributed by atoms with Gasteiger partial charge in [-0.1, -0.05) is 19.4 Å². The molecule has 0 aromatic carbocycles. The van der Waals surface area contributed by atoms with Crippen LogP contribution in [-0.2, 0) is 4.79 Å². The summed E-state index contributed by atoms with van der Waals surface area (Å²) in [5.41, 5.74) is 0. The number of rotatable bonds is 6. The predicted octanol–water partition coefficient (Wildman–Crippen LogP) is 2.47. The summed E-state index contributed by atoms with van der Waals surface area (Å²) in [5, 5.41) is 1.90. The van der Waals surface area contributed by atoms with Crippen LogP contribution >= 0.6 is 11.3 Å². The highest BCUT2D eigenvalue weighted by molar-refractivity contribution is 7.12. The Labute approximate surface area is 124 Å². The minimum Gasteiger partial charge on any atom is -0.343 e. The van der Waals surface area contributed by atoms with Crippen molar-refractivity contribution in [2.75, 3.05) is 26.2 Å². The van der Waals surface area contributed by atoms with E-state index < -0.39 is 0 Å². The molecule has 1 aliphatic heterocycles. The van der Waals surface area contributed by atoms with Gasteiger partial charge in [-0.3, -0.25) is 9.59 Å². The lowest BCUT2D eigenvalue weighted by Gasteiger charge is -2.40. The predicted molar refractivity (Wildman–Crippen MR) is 80.9 cm³/mol. The molecule has 4 nitrogen and oxygen atoms in total. The minimum atomic E-state index is -0.00396. The van der Waals surface area contributed by atoms with Gasteiger partial charge in [0.25, 0.3) is 5.91 Å². The Morgan fingerprint density at radius 3 is 2.70 bits per heavy atom. The first-order valence-electron chi connectivity index (χ1n) is 7.28. The molecular formula is C15H22N2O2S. The number of thiophene rings is 1. The topological polar surface area (TPSA) is 40.6 Å². The number of nitrogens with zero attached hydrogens (tertiary/aromatic N) is 2. The van der Waals surface area contributed by atoms with Gasteiger partial charge in [0, 0.05) is 26.2 Å². The molecule has 0 unspecified atom stereocenters. The molecule has 1 aromatic rings. The summed E-state index contributed by atoms with van der Waals surface area (Å²) in [7, 11) is 0. The zero-order valence-electron chi connectivity index (χ0n) is 12.2. The number of unbranched alkanes of at least 4 members (excludes halogenated alkanes) is 1. The molecule has 2 heterocycles. The third kappa shape index (κ3) is 3.20. The van der Waals surface area contributed by atoms with Crippen molar-refractivity contribution in [3.63, 3.8) is 0 Å². The Morgan fingerprint density at radius 1 is 1.40 bits per heavy atom. The summed E-state index contributed by atoms with van der Waals surface area (Å²) in [5.74, 6) is 0.257. The molecule has 5 heteroatoms. The minimum absolute atomic E-state index is 0.00396. The van der Waals surface area contributed by atoms with Gasteiger partial charge in [0.15, 0.2) is 0 Å². The second-order valence-corrected chi connectivity index (χ2v) is 6.10. The highest BCUT2D eigenvalue weighted by Gasteiger charge is 2.37. The molecule has 110 valence electrons. The van der Waals surface area contributed by atoms with Crippen LogP contribution in [0.1, 0.15) is 36.4 Å². The van der Waals surface area contributed by atoms with Crippen molar-refractivity contribution in [2.45, 2.75) is 26.7 Å². The van der Waals surface area contributed by atoms with Crippen LogP contribution in [0.5, 0.6) is 0 Å². The fourth-order valence-electron chi connectivity index (χ4n) is 2.39. The van der Waals surface area contributed by atoms with Crippen LogP contribution in [-0.4, -0.2) is 47.8 Å². The summed E-state index contributed by atoms with van der Waals surface area (Å²) >= 11 is 1.45. The van der Waals surface area contributed by atoms with Gasteiger partial charge in [0.2, 0.25) is 5.91 Å². The monoisotopic (exact) mass is 294 g/mol. The molecule has 0 N–H and O–H groups in total. The molecule has 0 saturated carbocycles. The van der Waals surface area contributed by atoms with Gasteiger partial charge in [-0.05, 0) is 24.8 Å². The smallest absolute Gasteiger partial charge is 0.263 e. The summed E-state index contributed by atoms with van der Waals surface area (Å²) in [4.78, 5) is 28.8. The molecule has 0 spiro atoms. The van der Waals surface area contributed by atoms with E-state index in [0.29, 0.717) is 13.1 Å². The van der Waals surface area contributed by atoms with Gasteiger partial charge >= 0.3 is 0 Å². The molecule has 2 amide bonds. The molecule has 2 rings (SSSR count). The van der Waals surface area contributed by atoms with Gasteiger partial charge in [-0.15, -0.1) is 11.3 Å². The average Bonchev–Trinajstić information content (AvgIpc) is 2.91. The van der Waals surface area contributed by atoms with E-state index in [2.05, 4.69) is 6.92 Å². The largest absolute Gasteiger partial charge is 0.343 e. The molecule has 1 saturated heterocycles. The van der Waals surface area contributed by atoms with E-state index in [0.717, 1.165) is 30.8 Å². The van der Waals surface area contributed by atoms with Crippen molar-refractivity contribution in [1.29, 1.82) is 0 Å². The standard InChI is InChI=1S/C15H22N2O2S/c1-3-5-8-16(4-2)14(18)12-10-17(11-12)15(19)13-7-6-9-20-13/h6-7,9,12H,3-5,8,10-11H2,1-2H3. The lowest BCUT2D eigenvalue weighted by Crippen LogP contribution is -2.56. The fourth-order valence-corrected chi connectivity index (χ4v) is 3.08. The molecule has 0 aliphatic carbocycles. The van der Waals surface area contributed by atoms with Crippen molar-refractivity contribution in [3.05, 3.63) is 22.4 Å². The van der Waals surface area contributed by atoms with Gasteiger partial charge < -0.3 is 9.80 Å². The second-order valence-electron chi connectivity index (χ2n) is 5.16. The number of amides is 2. The first-order chi connectivity index (χ1) is 9.67. The number of hydrogen-bond donors (Lipinski definition) is 0. The van der Waals surface area contributed by atoms with Gasteiger partial charge in [-0.25, -0.2) is 0 Å². The molecule has 1 aromatic heterocycles. The van der Waals surface area contributed by atoms with Gasteiger partial charge in [-0.2, -0.15) is 0 Å². The Bertz CT molecular complexity index is 452. The number of carbonyl (C=O) groups is 2. The van der Waals surface area contributed by atoms with Gasteiger partial charge in [0.1, 0.15) is 0 Å². The Kier molecular flexibility index (Phi) is 5.17. The second kappa shape index (κ2) is 6.88. The zero-order valence-corrected chi connectivity index (χ0v) is 13.0. The molecular weight excluding hydrogens is 272 g/mol. The molecule has 0 radical (unpaired) electrons. The maximum absolute atomic E-state index is 12.3. The van der Waals surface area contributed by atoms with Crippen molar-refractivity contribution in [2.24, 2.45) is 5.92 Å². The Hall–Kier alpha value is -1.36. The van der Waals surface area contributed by atoms with Crippen LogP contribution in [0, 0.1) is 5.92 Å². The van der Waals surface area contributed by atoms with E-state index in [-0.39, 0.29) is 17.7 Å². The normalized spacial score (nSPS) is 15.0. The molecule has 0 bridgehead atoms. The van der Waals surface area contributed by atoms with E-state index >= 15 is 0 Å². The number of hydrogen-bond acceptors (Lipinski definition) is 3. The zero-order chi connectivity index (χ0) is 14.5. The SMILES string of the molecule is CCCCN(CC)C(=O)C1CN(C(=O)c2cccs2)C1. The van der Waals surface area contributed by atoms with E-state index in [9.17, 15) is 9.59 Å². The summed E-state index contributed by atoms with van der Waals surface area (Å²) < 4.78 is 0. The quantitative estimate of drug-likeness (QED) is 0.808. The van der Waals surface area contributed by atoms with Crippen molar-refractivity contribution in [1.82, 2.24) is 9.80 Å². The Morgan fingerprint density at radius 2 is 2.15 bits per heavy atom. The van der Waals surface area contributed by atoms with Crippen molar-refractivity contribution in [3.8, 4) is 0 Å². The van der Waals surface area contributed by atoms with Crippen molar-refractivity contribution < 1.29 is 9.59 Å². The maximum atomic E-state index is 12.3. The van der Waals surface area contributed by atoms with E-state index in [4.69, 9.17) is 0 Å². The first-order valence-corrected chi connectivity index (χ1v) is 8.16. The molecule has 1 fully saturated rings. The first kappa shape index (κ1) is 15.0. The average molecular weight is 294 g/mol. The highest BCUT2D eigenvalue weighted by Crippen LogP contribution is 2.22. The fraction of sp³-hybridized carbons (Fsp3) is 0.600. The van der Waals surface area contributed by atoms with Gasteiger partial charge in [0.05, 0.1) is 10.8 Å². The van der Waals surface area contributed by atoms with Crippen LogP contribution in [0.15, 0.2) is 17.5 Å². The van der Waals surface area contributed by atoms with E-state index in [1.54, 1.807) is 4.90 Å². The highest BCUT2D eigenvalue weighted by atomic mass is 32.1. The molecule has 20 heavy (non-hydrogen) atoms. The molecule has 0 atom stereocenters. The van der Waals surface area contributed by atoms with Crippen LogP contribution in [0.25, 0.3) is 0 Å². The Balaban J connectivity index is 1.83. The molecule has 1 aliphatic rings. The van der Waals surface area contributed by atoms with Crippen LogP contribution in [0.4, 0.5) is 0 Å². The summed E-state index contributed by atoms with van der Waals surface area (Å²) in [6.07, 6.45) is 2.14. The van der Waals surface area contributed by atoms with Crippen molar-refractivity contribution >= 4 is 23.2 Å². The van der Waals surface area contributed by atoms with E-state index in [1.807, 2.05) is 29.3 Å².